The first-order valence-electron chi connectivity index (χ1n) is 8.34. The van der Waals surface area contributed by atoms with Gasteiger partial charge in [0.15, 0.2) is 11.6 Å². The summed E-state index contributed by atoms with van der Waals surface area (Å²) in [6, 6.07) is 9.66. The summed E-state index contributed by atoms with van der Waals surface area (Å²) in [5.41, 5.74) is 3.35. The lowest BCUT2D eigenvalue weighted by molar-refractivity contribution is 0.0338. The van der Waals surface area contributed by atoms with E-state index < -0.39 is 11.7 Å². The number of nitrogens with zero attached hydrogens (tertiary/aromatic N) is 1. The second-order valence-corrected chi connectivity index (χ2v) is 7.61. The summed E-state index contributed by atoms with van der Waals surface area (Å²) < 4.78 is 5.29. The quantitative estimate of drug-likeness (QED) is 0.664. The number of nitrogens with one attached hydrogen (secondary N) is 1. The third kappa shape index (κ3) is 3.53. The lowest BCUT2D eigenvalue weighted by atomic mass is 9.83. The molecule has 0 saturated carbocycles. The molecule has 0 spiro atoms. The van der Waals surface area contributed by atoms with Crippen molar-refractivity contribution < 1.29 is 19.1 Å². The molecule has 3 rings (SSSR count). The van der Waals surface area contributed by atoms with Gasteiger partial charge < -0.3 is 4.74 Å². The van der Waals surface area contributed by atoms with Gasteiger partial charge in [-0.25, -0.2) is 9.80 Å². The molecule has 0 aliphatic heterocycles. The first kappa shape index (κ1) is 18.9. The molecule has 0 radical (unpaired) electrons. The Balaban J connectivity index is 2.02. The summed E-state index contributed by atoms with van der Waals surface area (Å²) in [7, 11) is 1.47. The minimum atomic E-state index is -0.669. The molecule has 140 valence electrons. The first-order valence-corrected chi connectivity index (χ1v) is 8.72. The number of hydrogen-bond donors (Lipinski definition) is 1. The van der Waals surface area contributed by atoms with E-state index in [4.69, 9.17) is 16.3 Å². The van der Waals surface area contributed by atoms with Crippen LogP contribution in [0.2, 0.25) is 5.02 Å². The zero-order chi connectivity index (χ0) is 19.9. The van der Waals surface area contributed by atoms with Gasteiger partial charge in [0.2, 0.25) is 0 Å². The number of amides is 1. The summed E-state index contributed by atoms with van der Waals surface area (Å²) in [6.45, 7) is 5.26. The van der Waals surface area contributed by atoms with Crippen molar-refractivity contribution >= 4 is 34.9 Å². The van der Waals surface area contributed by atoms with E-state index in [1.807, 2.05) is 0 Å². The molecule has 7 heteroatoms. The van der Waals surface area contributed by atoms with Crippen molar-refractivity contribution in [1.29, 1.82) is 0 Å². The van der Waals surface area contributed by atoms with Crippen LogP contribution in [0.5, 0.6) is 0 Å². The molecule has 27 heavy (non-hydrogen) atoms. The Hall–Kier alpha value is -2.86. The number of fused-ring (bicyclic) bond motifs is 2. The van der Waals surface area contributed by atoms with Crippen LogP contribution >= 0.6 is 11.6 Å². The number of carbonyl (C=O) groups excluding carboxylic acids is 3. The number of halogens is 1. The number of carbonyl (C=O) groups is 3. The zero-order valence-corrected chi connectivity index (χ0v) is 16.2. The van der Waals surface area contributed by atoms with Gasteiger partial charge in [0.1, 0.15) is 5.60 Å². The molecule has 0 unspecified atom stereocenters. The van der Waals surface area contributed by atoms with Crippen LogP contribution in [0, 0.1) is 0 Å². The van der Waals surface area contributed by atoms with Crippen molar-refractivity contribution in [3.8, 4) is 0 Å². The van der Waals surface area contributed by atoms with Crippen LogP contribution in [0.15, 0.2) is 36.4 Å². The molecular formula is C20H19ClN2O4. The maximum absolute atomic E-state index is 13.0. The van der Waals surface area contributed by atoms with E-state index in [0.717, 1.165) is 5.01 Å². The highest BCUT2D eigenvalue weighted by Gasteiger charge is 2.34. The van der Waals surface area contributed by atoms with Crippen molar-refractivity contribution in [2.24, 2.45) is 0 Å². The second-order valence-electron chi connectivity index (χ2n) is 7.20. The Labute approximate surface area is 162 Å². The fourth-order valence-electron chi connectivity index (χ4n) is 2.83. The van der Waals surface area contributed by atoms with Gasteiger partial charge in [0, 0.05) is 18.2 Å². The number of rotatable bonds is 2. The predicted octanol–water partition coefficient (Wildman–Crippen LogP) is 4.31. The smallest absolute Gasteiger partial charge is 0.428 e. The standard InChI is InChI=1S/C20H19ClN2O4/c1-20(2,3)27-19(26)23(4)22-14-10-9-13(21)15-16(14)18(25)12-8-6-5-7-11(12)17(15)24/h5-10,22H,1-4H3. The van der Waals surface area contributed by atoms with E-state index >= 15 is 0 Å². The molecule has 1 aliphatic rings. The normalized spacial score (nSPS) is 12.9. The van der Waals surface area contributed by atoms with Crippen LogP contribution in [0.25, 0.3) is 0 Å². The number of benzene rings is 2. The highest BCUT2D eigenvalue weighted by atomic mass is 35.5. The highest BCUT2D eigenvalue weighted by molar-refractivity contribution is 6.39. The Bertz CT molecular complexity index is 963. The molecule has 0 aromatic heterocycles. The predicted molar refractivity (Wildman–Crippen MR) is 102 cm³/mol. The van der Waals surface area contributed by atoms with Crippen molar-refractivity contribution in [1.82, 2.24) is 5.01 Å². The van der Waals surface area contributed by atoms with Gasteiger partial charge in [-0.3, -0.25) is 15.0 Å². The van der Waals surface area contributed by atoms with Gasteiger partial charge in [0.05, 0.1) is 21.8 Å². The van der Waals surface area contributed by atoms with E-state index in [0.29, 0.717) is 16.8 Å². The van der Waals surface area contributed by atoms with Gasteiger partial charge >= 0.3 is 6.09 Å². The molecule has 0 heterocycles. The van der Waals surface area contributed by atoms with Gasteiger partial charge in [0.25, 0.3) is 0 Å². The molecular weight excluding hydrogens is 368 g/mol. The minimum Gasteiger partial charge on any atom is -0.442 e. The van der Waals surface area contributed by atoms with E-state index in [1.54, 1.807) is 51.1 Å². The highest BCUT2D eigenvalue weighted by Crippen LogP contribution is 2.36. The fourth-order valence-corrected chi connectivity index (χ4v) is 3.08. The zero-order valence-electron chi connectivity index (χ0n) is 15.4. The Kier molecular flexibility index (Phi) is 4.70. The molecule has 1 N–H and O–H groups in total. The van der Waals surface area contributed by atoms with Crippen molar-refractivity contribution in [3.05, 3.63) is 63.7 Å². The van der Waals surface area contributed by atoms with E-state index in [9.17, 15) is 14.4 Å². The molecule has 0 saturated heterocycles. The molecule has 0 fully saturated rings. The van der Waals surface area contributed by atoms with Gasteiger partial charge in [-0.05, 0) is 32.9 Å². The van der Waals surface area contributed by atoms with Crippen molar-refractivity contribution in [3.63, 3.8) is 0 Å². The van der Waals surface area contributed by atoms with Crippen molar-refractivity contribution in [2.45, 2.75) is 26.4 Å². The number of anilines is 1. The van der Waals surface area contributed by atoms with Crippen LogP contribution in [0.1, 0.15) is 52.6 Å². The fraction of sp³-hybridized carbons (Fsp3) is 0.250. The van der Waals surface area contributed by atoms with Crippen LogP contribution < -0.4 is 5.43 Å². The average molecular weight is 387 g/mol. The maximum Gasteiger partial charge on any atom is 0.428 e. The van der Waals surface area contributed by atoms with E-state index in [1.165, 1.54) is 13.1 Å². The Morgan fingerprint density at radius 2 is 1.56 bits per heavy atom. The third-order valence-corrected chi connectivity index (χ3v) is 4.30. The van der Waals surface area contributed by atoms with E-state index in [2.05, 4.69) is 5.43 Å². The number of hydrazine groups is 1. The van der Waals surface area contributed by atoms with Gasteiger partial charge in [-0.1, -0.05) is 35.9 Å². The molecule has 2 aromatic rings. The molecule has 0 atom stereocenters. The first-order chi connectivity index (χ1) is 12.6. The summed E-state index contributed by atoms with van der Waals surface area (Å²) in [6.07, 6.45) is -0.624. The van der Waals surface area contributed by atoms with Crippen LogP contribution in [-0.2, 0) is 4.74 Å². The number of hydrogen-bond acceptors (Lipinski definition) is 5. The lowest BCUT2D eigenvalue weighted by Crippen LogP contribution is -2.38. The molecule has 2 aromatic carbocycles. The third-order valence-electron chi connectivity index (χ3n) is 3.98. The molecule has 0 bridgehead atoms. The maximum atomic E-state index is 13.0. The summed E-state index contributed by atoms with van der Waals surface area (Å²) >= 11 is 6.22. The van der Waals surface area contributed by atoms with Gasteiger partial charge in [-0.15, -0.1) is 0 Å². The van der Waals surface area contributed by atoms with Gasteiger partial charge in [-0.2, -0.15) is 0 Å². The SMILES string of the molecule is CN(Nc1ccc(Cl)c2c1C(=O)c1ccccc1C2=O)C(=O)OC(C)(C)C. The van der Waals surface area contributed by atoms with Crippen LogP contribution in [0.3, 0.4) is 0 Å². The van der Waals surface area contributed by atoms with Crippen LogP contribution in [0.4, 0.5) is 10.5 Å². The number of ether oxygens (including phenoxy) is 1. The monoisotopic (exact) mass is 386 g/mol. The summed E-state index contributed by atoms with van der Waals surface area (Å²) in [4.78, 5) is 38.1. The minimum absolute atomic E-state index is 0.128. The number of ketones is 2. The molecule has 6 nitrogen and oxygen atoms in total. The van der Waals surface area contributed by atoms with E-state index in [-0.39, 0.29) is 27.7 Å². The van der Waals surface area contributed by atoms with Crippen LogP contribution in [-0.4, -0.2) is 35.3 Å². The summed E-state index contributed by atoms with van der Waals surface area (Å²) in [5, 5.41) is 1.30. The second kappa shape index (κ2) is 6.70. The Morgan fingerprint density at radius 1 is 1.00 bits per heavy atom. The topological polar surface area (TPSA) is 75.7 Å². The molecule has 1 amide bonds. The molecule has 1 aliphatic carbocycles. The largest absolute Gasteiger partial charge is 0.442 e. The lowest BCUT2D eigenvalue weighted by Gasteiger charge is -2.27. The Morgan fingerprint density at radius 3 is 2.11 bits per heavy atom. The average Bonchev–Trinajstić information content (AvgIpc) is 2.59. The van der Waals surface area contributed by atoms with Crippen molar-refractivity contribution in [2.75, 3.05) is 12.5 Å². The summed E-state index contributed by atoms with van der Waals surface area (Å²) in [5.74, 6) is -0.656.